The van der Waals surface area contributed by atoms with Crippen molar-refractivity contribution < 1.29 is 4.74 Å². The number of hydrogen-bond acceptors (Lipinski definition) is 1. The Morgan fingerprint density at radius 3 is 2.56 bits per heavy atom. The van der Waals surface area contributed by atoms with Crippen LogP contribution < -0.4 is 0 Å². The molecule has 0 saturated carbocycles. The van der Waals surface area contributed by atoms with Crippen molar-refractivity contribution in [1.29, 1.82) is 0 Å². The van der Waals surface area contributed by atoms with Gasteiger partial charge in [0.1, 0.15) is 0 Å². The molecule has 1 heteroatoms. The predicted octanol–water partition coefficient (Wildman–Crippen LogP) is 2.73. The molecular weight excluding hydrogens is 112 g/mol. The molecule has 54 valence electrons. The summed E-state index contributed by atoms with van der Waals surface area (Å²) in [5.41, 5.74) is 1.33. The standard InChI is InChI=1S/C8H16O/c1-4-6-8(3)7-9-5-2/h7H,4-6H2,1-3H3. The van der Waals surface area contributed by atoms with Gasteiger partial charge in [-0.1, -0.05) is 13.3 Å². The highest BCUT2D eigenvalue weighted by atomic mass is 16.5. The van der Waals surface area contributed by atoms with Crippen LogP contribution in [0.25, 0.3) is 0 Å². The van der Waals surface area contributed by atoms with E-state index in [-0.39, 0.29) is 0 Å². The van der Waals surface area contributed by atoms with E-state index >= 15 is 0 Å². The van der Waals surface area contributed by atoms with Gasteiger partial charge in [0.05, 0.1) is 12.9 Å². The molecule has 0 aromatic heterocycles. The molecule has 0 aliphatic carbocycles. The summed E-state index contributed by atoms with van der Waals surface area (Å²) in [5, 5.41) is 0. The van der Waals surface area contributed by atoms with Crippen molar-refractivity contribution in [2.24, 2.45) is 0 Å². The normalized spacial score (nSPS) is 11.7. The minimum Gasteiger partial charge on any atom is -0.502 e. The van der Waals surface area contributed by atoms with Gasteiger partial charge >= 0.3 is 0 Å². The molecule has 0 rings (SSSR count). The maximum Gasteiger partial charge on any atom is 0.0845 e. The molecular formula is C8H16O. The molecule has 0 unspecified atom stereocenters. The summed E-state index contributed by atoms with van der Waals surface area (Å²) in [6, 6.07) is 0. The second-order valence-corrected chi connectivity index (χ2v) is 2.17. The Hall–Kier alpha value is -0.460. The highest BCUT2D eigenvalue weighted by Crippen LogP contribution is 2.01. The highest BCUT2D eigenvalue weighted by Gasteiger charge is 1.84. The van der Waals surface area contributed by atoms with Gasteiger partial charge in [-0.15, -0.1) is 0 Å². The third-order valence-corrected chi connectivity index (χ3v) is 1.10. The molecule has 0 aromatic carbocycles. The van der Waals surface area contributed by atoms with E-state index in [2.05, 4.69) is 13.8 Å². The van der Waals surface area contributed by atoms with Gasteiger partial charge in [-0.05, 0) is 25.8 Å². The molecule has 0 aliphatic heterocycles. The molecule has 0 spiro atoms. The first-order chi connectivity index (χ1) is 4.31. The minimum absolute atomic E-state index is 0.779. The van der Waals surface area contributed by atoms with E-state index in [0.29, 0.717) is 0 Å². The van der Waals surface area contributed by atoms with Crippen molar-refractivity contribution in [2.75, 3.05) is 6.61 Å². The molecule has 0 saturated heterocycles. The van der Waals surface area contributed by atoms with Gasteiger partial charge in [0.15, 0.2) is 0 Å². The quantitative estimate of drug-likeness (QED) is 0.529. The summed E-state index contributed by atoms with van der Waals surface area (Å²) in [6.45, 7) is 7.04. The maximum atomic E-state index is 5.09. The van der Waals surface area contributed by atoms with Crippen LogP contribution in [-0.4, -0.2) is 6.61 Å². The van der Waals surface area contributed by atoms with Crippen molar-refractivity contribution in [1.82, 2.24) is 0 Å². The van der Waals surface area contributed by atoms with Crippen LogP contribution >= 0.6 is 0 Å². The molecule has 0 aromatic rings. The SMILES string of the molecule is CCCC(C)=COCC. The first kappa shape index (κ1) is 8.54. The molecule has 9 heavy (non-hydrogen) atoms. The predicted molar refractivity (Wildman–Crippen MR) is 40.3 cm³/mol. The molecule has 0 atom stereocenters. The first-order valence-electron chi connectivity index (χ1n) is 3.58. The Labute approximate surface area is 57.7 Å². The monoisotopic (exact) mass is 128 g/mol. The van der Waals surface area contributed by atoms with E-state index in [9.17, 15) is 0 Å². The van der Waals surface area contributed by atoms with E-state index in [0.717, 1.165) is 13.0 Å². The van der Waals surface area contributed by atoms with E-state index in [4.69, 9.17) is 4.74 Å². The zero-order valence-electron chi connectivity index (χ0n) is 6.61. The van der Waals surface area contributed by atoms with Gasteiger partial charge in [-0.25, -0.2) is 0 Å². The average Bonchev–Trinajstić information content (AvgIpc) is 1.85. The lowest BCUT2D eigenvalue weighted by atomic mass is 10.2. The lowest BCUT2D eigenvalue weighted by Crippen LogP contribution is -1.81. The summed E-state index contributed by atoms with van der Waals surface area (Å²) in [4.78, 5) is 0. The Bertz CT molecular complexity index is 84.6. The second-order valence-electron chi connectivity index (χ2n) is 2.17. The lowest BCUT2D eigenvalue weighted by Gasteiger charge is -1.97. The molecule has 0 bridgehead atoms. The van der Waals surface area contributed by atoms with Gasteiger partial charge < -0.3 is 4.74 Å². The van der Waals surface area contributed by atoms with E-state index < -0.39 is 0 Å². The summed E-state index contributed by atoms with van der Waals surface area (Å²) in [7, 11) is 0. The number of rotatable bonds is 4. The molecule has 0 heterocycles. The van der Waals surface area contributed by atoms with Gasteiger partial charge in [0, 0.05) is 0 Å². The lowest BCUT2D eigenvalue weighted by molar-refractivity contribution is 0.265. The van der Waals surface area contributed by atoms with Crippen molar-refractivity contribution >= 4 is 0 Å². The fourth-order valence-corrected chi connectivity index (χ4v) is 0.679. The van der Waals surface area contributed by atoms with Gasteiger partial charge in [0.25, 0.3) is 0 Å². The van der Waals surface area contributed by atoms with Crippen molar-refractivity contribution in [3.63, 3.8) is 0 Å². The Kier molecular flexibility index (Phi) is 5.38. The fourth-order valence-electron chi connectivity index (χ4n) is 0.679. The third kappa shape index (κ3) is 5.41. The smallest absolute Gasteiger partial charge is 0.0845 e. The molecule has 1 nitrogen and oxygen atoms in total. The fraction of sp³-hybridized carbons (Fsp3) is 0.750. The Morgan fingerprint density at radius 2 is 2.11 bits per heavy atom. The highest BCUT2D eigenvalue weighted by molar-refractivity contribution is 4.91. The van der Waals surface area contributed by atoms with Crippen LogP contribution in [0.4, 0.5) is 0 Å². The summed E-state index contributed by atoms with van der Waals surface area (Å²) in [6.07, 6.45) is 4.21. The molecule has 0 N–H and O–H groups in total. The van der Waals surface area contributed by atoms with Crippen molar-refractivity contribution in [3.8, 4) is 0 Å². The van der Waals surface area contributed by atoms with Crippen LogP contribution in [0.1, 0.15) is 33.6 Å². The van der Waals surface area contributed by atoms with Gasteiger partial charge in [0.2, 0.25) is 0 Å². The van der Waals surface area contributed by atoms with Gasteiger partial charge in [-0.2, -0.15) is 0 Å². The molecule has 0 radical (unpaired) electrons. The van der Waals surface area contributed by atoms with E-state index in [1.807, 2.05) is 13.2 Å². The number of allylic oxidation sites excluding steroid dienone is 1. The van der Waals surface area contributed by atoms with Crippen LogP contribution in [0.5, 0.6) is 0 Å². The zero-order valence-corrected chi connectivity index (χ0v) is 6.61. The van der Waals surface area contributed by atoms with E-state index in [1.165, 1.54) is 12.0 Å². The average molecular weight is 128 g/mol. The summed E-state index contributed by atoms with van der Waals surface area (Å²) < 4.78 is 5.09. The van der Waals surface area contributed by atoms with Crippen LogP contribution in [-0.2, 0) is 4.74 Å². The van der Waals surface area contributed by atoms with Crippen LogP contribution in [0.3, 0.4) is 0 Å². The maximum absolute atomic E-state index is 5.09. The molecule has 0 amide bonds. The van der Waals surface area contributed by atoms with Crippen LogP contribution in [0.15, 0.2) is 11.8 Å². The largest absolute Gasteiger partial charge is 0.502 e. The summed E-state index contributed by atoms with van der Waals surface area (Å²) >= 11 is 0. The summed E-state index contributed by atoms with van der Waals surface area (Å²) in [5.74, 6) is 0. The molecule has 0 aliphatic rings. The van der Waals surface area contributed by atoms with Crippen molar-refractivity contribution in [3.05, 3.63) is 11.8 Å². The van der Waals surface area contributed by atoms with Crippen molar-refractivity contribution in [2.45, 2.75) is 33.6 Å². The van der Waals surface area contributed by atoms with Crippen LogP contribution in [0.2, 0.25) is 0 Å². The third-order valence-electron chi connectivity index (χ3n) is 1.10. The molecule has 0 fully saturated rings. The Balaban J connectivity index is 3.30. The topological polar surface area (TPSA) is 9.23 Å². The van der Waals surface area contributed by atoms with Crippen LogP contribution in [0, 0.1) is 0 Å². The van der Waals surface area contributed by atoms with E-state index in [1.54, 1.807) is 0 Å². The number of ether oxygens (including phenoxy) is 1. The zero-order chi connectivity index (χ0) is 7.11. The first-order valence-corrected chi connectivity index (χ1v) is 3.58. The second kappa shape index (κ2) is 5.67. The minimum atomic E-state index is 0.779. The van der Waals surface area contributed by atoms with Gasteiger partial charge in [-0.3, -0.25) is 0 Å². The number of hydrogen-bond donors (Lipinski definition) is 0. The Morgan fingerprint density at radius 1 is 1.44 bits per heavy atom.